The molecule has 0 aromatic heterocycles. The van der Waals surface area contributed by atoms with Crippen molar-refractivity contribution in [3.8, 4) is 6.07 Å². The lowest BCUT2D eigenvalue weighted by atomic mass is 9.99. The maximum Gasteiger partial charge on any atom is 0.255 e. The molecule has 0 spiro atoms. The molecule has 0 fully saturated rings. The van der Waals surface area contributed by atoms with Crippen LogP contribution in [-0.2, 0) is 32.4 Å². The molecular formula is C40H46Cl3N5O2. The van der Waals surface area contributed by atoms with Crippen LogP contribution in [0.1, 0.15) is 86.3 Å². The Morgan fingerprint density at radius 2 is 1.26 bits per heavy atom. The minimum atomic E-state index is -0.182. The number of nitriles is 1. The predicted octanol–water partition coefficient (Wildman–Crippen LogP) is 8.91. The van der Waals surface area contributed by atoms with Gasteiger partial charge in [-0.2, -0.15) is 5.26 Å². The van der Waals surface area contributed by atoms with Crippen molar-refractivity contribution in [2.24, 2.45) is 0 Å². The molecule has 2 N–H and O–H groups in total. The van der Waals surface area contributed by atoms with E-state index in [2.05, 4.69) is 78.7 Å². The Kier molecular flexibility index (Phi) is 14.9. The first-order chi connectivity index (χ1) is 23.0. The molecule has 2 aliphatic heterocycles. The van der Waals surface area contributed by atoms with Crippen molar-refractivity contribution in [3.63, 3.8) is 0 Å². The van der Waals surface area contributed by atoms with Crippen molar-refractivity contribution in [1.82, 2.24) is 9.80 Å². The second-order valence-corrected chi connectivity index (χ2v) is 13.5. The summed E-state index contributed by atoms with van der Waals surface area (Å²) in [4.78, 5) is 29.5. The fraction of sp³-hybridized carbons (Fsp3) is 0.325. The van der Waals surface area contributed by atoms with Crippen LogP contribution in [-0.4, -0.2) is 48.8 Å². The molecule has 10 heteroatoms. The zero-order valence-corrected chi connectivity index (χ0v) is 31.7. The molecule has 7 nitrogen and oxygen atoms in total. The van der Waals surface area contributed by atoms with Crippen LogP contribution in [0.25, 0.3) is 0 Å². The highest BCUT2D eigenvalue weighted by atomic mass is 35.5. The van der Waals surface area contributed by atoms with E-state index in [1.807, 2.05) is 37.3 Å². The van der Waals surface area contributed by atoms with Crippen LogP contribution in [0.15, 0.2) is 72.8 Å². The van der Waals surface area contributed by atoms with Gasteiger partial charge in [-0.1, -0.05) is 56.6 Å². The number of rotatable bonds is 6. The molecule has 2 heterocycles. The highest BCUT2D eigenvalue weighted by molar-refractivity contribution is 6.32. The molecule has 0 radical (unpaired) electrons. The van der Waals surface area contributed by atoms with Gasteiger partial charge in [0.2, 0.25) is 0 Å². The summed E-state index contributed by atoms with van der Waals surface area (Å²) in [6.45, 7) is 10.2. The van der Waals surface area contributed by atoms with E-state index in [0.717, 1.165) is 67.9 Å². The van der Waals surface area contributed by atoms with Gasteiger partial charge in [-0.15, -0.1) is 24.8 Å². The third-order valence-corrected chi connectivity index (χ3v) is 9.42. The number of fused-ring (bicyclic) bond motifs is 2. The number of anilines is 2. The van der Waals surface area contributed by atoms with E-state index in [4.69, 9.17) is 11.6 Å². The average Bonchev–Trinajstić information content (AvgIpc) is 3.07. The van der Waals surface area contributed by atoms with E-state index in [1.165, 1.54) is 22.3 Å². The first-order valence-corrected chi connectivity index (χ1v) is 17.0. The topological polar surface area (TPSA) is 88.5 Å². The van der Waals surface area contributed by atoms with Gasteiger partial charge in [-0.05, 0) is 121 Å². The second-order valence-electron chi connectivity index (χ2n) is 13.1. The number of halogens is 3. The molecule has 0 bridgehead atoms. The number of carbonyl (C=O) groups excluding carboxylic acids is 2. The Morgan fingerprint density at radius 1 is 0.760 bits per heavy atom. The number of hydrogen-bond acceptors (Lipinski definition) is 5. The summed E-state index contributed by atoms with van der Waals surface area (Å²) >= 11 is 6.30. The minimum Gasteiger partial charge on any atom is -0.322 e. The lowest BCUT2D eigenvalue weighted by Gasteiger charge is -2.25. The Bertz CT molecular complexity index is 1860. The van der Waals surface area contributed by atoms with E-state index in [1.54, 1.807) is 18.2 Å². The zero-order chi connectivity index (χ0) is 34.4. The van der Waals surface area contributed by atoms with Gasteiger partial charge >= 0.3 is 0 Å². The summed E-state index contributed by atoms with van der Waals surface area (Å²) < 4.78 is 0. The van der Waals surface area contributed by atoms with Crippen LogP contribution in [0, 0.1) is 11.3 Å². The third kappa shape index (κ3) is 10.1. The van der Waals surface area contributed by atoms with Gasteiger partial charge in [-0.25, -0.2) is 0 Å². The van der Waals surface area contributed by atoms with E-state index in [9.17, 15) is 14.9 Å². The molecular weight excluding hydrogens is 689 g/mol. The number of nitrogens with zero attached hydrogens (tertiary/aromatic N) is 3. The molecule has 0 aliphatic carbocycles. The number of hydrogen-bond donors (Lipinski definition) is 2. The quantitative estimate of drug-likeness (QED) is 0.207. The normalized spacial score (nSPS) is 13.6. The summed E-state index contributed by atoms with van der Waals surface area (Å²) in [6.07, 6.45) is 2.89. The van der Waals surface area contributed by atoms with Crippen LogP contribution in [0.3, 0.4) is 0 Å². The highest BCUT2D eigenvalue weighted by Gasteiger charge is 2.17. The minimum absolute atomic E-state index is 0. The SMILES string of the molecule is CC(C)c1ccc(C(=O)Nc2ccc3c(c2)CN(C)CC3)cc1Cl.CCc1ccc(C(=O)Nc2ccc3c(c2)CN(C)CC3)cc1C#N.Cl.Cl. The van der Waals surface area contributed by atoms with Gasteiger partial charge in [-0.3, -0.25) is 9.59 Å². The number of carbonyl (C=O) groups is 2. The summed E-state index contributed by atoms with van der Waals surface area (Å²) in [7, 11) is 4.22. The number of nitrogens with one attached hydrogen (secondary N) is 2. The highest BCUT2D eigenvalue weighted by Crippen LogP contribution is 2.27. The molecule has 0 unspecified atom stereocenters. The van der Waals surface area contributed by atoms with Crippen molar-refractivity contribution in [3.05, 3.63) is 128 Å². The van der Waals surface area contributed by atoms with Crippen LogP contribution >= 0.6 is 36.4 Å². The van der Waals surface area contributed by atoms with Crippen LogP contribution < -0.4 is 10.6 Å². The van der Waals surface area contributed by atoms with Gasteiger partial charge in [0, 0.05) is 53.7 Å². The van der Waals surface area contributed by atoms with Gasteiger partial charge < -0.3 is 20.4 Å². The fourth-order valence-electron chi connectivity index (χ4n) is 6.23. The molecule has 4 aromatic carbocycles. The molecule has 0 atom stereocenters. The van der Waals surface area contributed by atoms with Gasteiger partial charge in [0.05, 0.1) is 11.6 Å². The molecule has 0 saturated heterocycles. The maximum atomic E-state index is 12.5. The average molecular weight is 735 g/mol. The van der Waals surface area contributed by atoms with E-state index in [-0.39, 0.29) is 36.6 Å². The Balaban J connectivity index is 0.000000260. The number of benzene rings is 4. The standard InChI is InChI=1S/C20H23ClN2O.C20H21N3O.2ClH/c1-13(2)18-7-5-15(11-19(18)21)20(24)22-17-6-4-14-8-9-23(3)12-16(14)10-17;1-3-14-4-5-16(10-17(14)12-21)20(24)22-19-7-6-15-8-9-23(2)13-18(15)11-19;;/h4-7,10-11,13H,8-9,12H2,1-3H3,(H,22,24);4-7,10-11H,3,8-9,13H2,1-2H3,(H,22,24);2*1H. The lowest BCUT2D eigenvalue weighted by Crippen LogP contribution is -2.26. The van der Waals surface area contributed by atoms with Gasteiger partial charge in [0.15, 0.2) is 0 Å². The fourth-order valence-corrected chi connectivity index (χ4v) is 6.62. The van der Waals surface area contributed by atoms with Gasteiger partial charge in [0.25, 0.3) is 11.8 Å². The largest absolute Gasteiger partial charge is 0.322 e. The first-order valence-electron chi connectivity index (χ1n) is 16.6. The number of likely N-dealkylation sites (N-methyl/N-ethyl adjacent to an activating group) is 2. The Labute approximate surface area is 313 Å². The van der Waals surface area contributed by atoms with E-state index >= 15 is 0 Å². The summed E-state index contributed by atoms with van der Waals surface area (Å²) in [6, 6.07) is 25.3. The molecule has 6 rings (SSSR count). The van der Waals surface area contributed by atoms with E-state index < -0.39 is 0 Å². The molecule has 264 valence electrons. The van der Waals surface area contributed by atoms with E-state index in [0.29, 0.717) is 27.6 Å². The first kappa shape index (κ1) is 40.5. The van der Waals surface area contributed by atoms with Crippen molar-refractivity contribution >= 4 is 59.6 Å². The summed E-state index contributed by atoms with van der Waals surface area (Å²) in [5.41, 5.74) is 10.6. The van der Waals surface area contributed by atoms with Gasteiger partial charge in [0.1, 0.15) is 0 Å². The molecule has 50 heavy (non-hydrogen) atoms. The maximum absolute atomic E-state index is 12.5. The Morgan fingerprint density at radius 3 is 1.72 bits per heavy atom. The number of amides is 2. The van der Waals surface area contributed by atoms with Crippen molar-refractivity contribution in [1.29, 1.82) is 5.26 Å². The van der Waals surface area contributed by atoms with Crippen LogP contribution in [0.4, 0.5) is 11.4 Å². The summed E-state index contributed by atoms with van der Waals surface area (Å²) in [5.74, 6) is 0.0295. The monoisotopic (exact) mass is 733 g/mol. The number of aryl methyl sites for hydroxylation is 1. The molecule has 0 saturated carbocycles. The second kappa shape index (κ2) is 18.4. The zero-order valence-electron chi connectivity index (χ0n) is 29.3. The molecule has 4 aromatic rings. The lowest BCUT2D eigenvalue weighted by molar-refractivity contribution is 0.101. The van der Waals surface area contributed by atoms with Crippen LogP contribution in [0.2, 0.25) is 5.02 Å². The molecule has 2 amide bonds. The van der Waals surface area contributed by atoms with Crippen molar-refractivity contribution in [2.75, 3.05) is 37.8 Å². The molecule has 2 aliphatic rings. The van der Waals surface area contributed by atoms with Crippen molar-refractivity contribution in [2.45, 2.75) is 59.0 Å². The Hall–Kier alpha value is -3.90. The third-order valence-electron chi connectivity index (χ3n) is 9.09. The predicted molar refractivity (Wildman–Crippen MR) is 209 cm³/mol. The van der Waals surface area contributed by atoms with Crippen molar-refractivity contribution < 1.29 is 9.59 Å². The summed E-state index contributed by atoms with van der Waals surface area (Å²) in [5, 5.41) is 15.8. The smallest absolute Gasteiger partial charge is 0.255 e. The van der Waals surface area contributed by atoms with Crippen LogP contribution in [0.5, 0.6) is 0 Å².